The summed E-state index contributed by atoms with van der Waals surface area (Å²) in [6.45, 7) is 9.77. The summed E-state index contributed by atoms with van der Waals surface area (Å²) in [6.07, 6.45) is -0.139. The van der Waals surface area contributed by atoms with Gasteiger partial charge in [-0.2, -0.15) is 8.42 Å². The van der Waals surface area contributed by atoms with Crippen LogP contribution in [-0.2, 0) is 28.6 Å². The van der Waals surface area contributed by atoms with Gasteiger partial charge in [0.1, 0.15) is 11.2 Å². The van der Waals surface area contributed by atoms with Gasteiger partial charge in [-0.1, -0.05) is 0 Å². The SMILES string of the molecule is CC(C)(C)OC(=O)C[C@@H](COS(C)(=O)=O)NC(=O)OC(C)(C)C. The molecule has 23 heavy (non-hydrogen) atoms. The Hall–Kier alpha value is -1.35. The Balaban J connectivity index is 4.81. The first-order valence-corrected chi connectivity index (χ1v) is 8.95. The molecule has 0 aliphatic heterocycles. The summed E-state index contributed by atoms with van der Waals surface area (Å²) < 4.78 is 37.0. The van der Waals surface area contributed by atoms with Gasteiger partial charge in [-0.25, -0.2) is 4.79 Å². The molecule has 0 fully saturated rings. The molecule has 0 unspecified atom stereocenters. The predicted molar refractivity (Wildman–Crippen MR) is 84.4 cm³/mol. The second-order valence-electron chi connectivity index (χ2n) is 7.12. The summed E-state index contributed by atoms with van der Waals surface area (Å²) in [5.41, 5.74) is -1.41. The van der Waals surface area contributed by atoms with E-state index >= 15 is 0 Å². The van der Waals surface area contributed by atoms with E-state index in [9.17, 15) is 18.0 Å². The molecule has 0 spiro atoms. The van der Waals surface area contributed by atoms with Crippen LogP contribution >= 0.6 is 0 Å². The molecule has 9 heteroatoms. The molecule has 1 atom stereocenters. The molecule has 0 saturated carbocycles. The maximum atomic E-state index is 11.8. The third kappa shape index (κ3) is 14.0. The number of hydrogen-bond donors (Lipinski definition) is 1. The van der Waals surface area contributed by atoms with Crippen LogP contribution in [0.2, 0.25) is 0 Å². The quantitative estimate of drug-likeness (QED) is 0.570. The van der Waals surface area contributed by atoms with Crippen LogP contribution in [0.4, 0.5) is 4.79 Å². The molecule has 0 aromatic carbocycles. The van der Waals surface area contributed by atoms with Gasteiger partial charge in [0, 0.05) is 0 Å². The van der Waals surface area contributed by atoms with Gasteiger partial charge in [-0.3, -0.25) is 8.98 Å². The second-order valence-corrected chi connectivity index (χ2v) is 8.77. The van der Waals surface area contributed by atoms with Crippen LogP contribution in [0.3, 0.4) is 0 Å². The average Bonchev–Trinajstić information content (AvgIpc) is 2.18. The topological polar surface area (TPSA) is 108 Å². The van der Waals surface area contributed by atoms with E-state index in [0.29, 0.717) is 0 Å². The third-order valence-electron chi connectivity index (χ3n) is 2.04. The zero-order valence-corrected chi connectivity index (χ0v) is 15.6. The highest BCUT2D eigenvalue weighted by Gasteiger charge is 2.25. The second kappa shape index (κ2) is 7.96. The first-order valence-electron chi connectivity index (χ1n) is 7.13. The van der Waals surface area contributed by atoms with Crippen LogP contribution in [0, 0.1) is 0 Å². The first-order chi connectivity index (χ1) is 10.1. The molecule has 1 N–H and O–H groups in total. The standard InChI is InChI=1S/C14H27NO7S/c1-13(2,3)21-11(16)8-10(9-20-23(7,18)19)15-12(17)22-14(4,5)6/h10H,8-9H2,1-7H3,(H,15,17)/t10-/m0/s1. The van der Waals surface area contributed by atoms with Crippen molar-refractivity contribution in [1.29, 1.82) is 0 Å². The summed E-state index contributed by atoms with van der Waals surface area (Å²) >= 11 is 0. The van der Waals surface area contributed by atoms with Gasteiger partial charge >= 0.3 is 12.1 Å². The van der Waals surface area contributed by atoms with E-state index in [1.807, 2.05) is 0 Å². The summed E-state index contributed by atoms with van der Waals surface area (Å²) in [4.78, 5) is 23.6. The minimum absolute atomic E-state index is 0.244. The Bertz CT molecular complexity index is 484. The molecular formula is C14H27NO7S. The van der Waals surface area contributed by atoms with Crippen molar-refractivity contribution >= 4 is 22.2 Å². The lowest BCUT2D eigenvalue weighted by atomic mass is 10.1. The van der Waals surface area contributed by atoms with Crippen molar-refractivity contribution in [3.8, 4) is 0 Å². The Morgan fingerprint density at radius 1 is 1.00 bits per heavy atom. The Morgan fingerprint density at radius 3 is 1.87 bits per heavy atom. The van der Waals surface area contributed by atoms with Gasteiger partial charge < -0.3 is 14.8 Å². The first kappa shape index (κ1) is 21.6. The number of esters is 1. The average molecular weight is 353 g/mol. The highest BCUT2D eigenvalue weighted by Crippen LogP contribution is 2.11. The molecule has 0 bridgehead atoms. The number of nitrogens with one attached hydrogen (secondary N) is 1. The maximum Gasteiger partial charge on any atom is 0.407 e. The largest absolute Gasteiger partial charge is 0.460 e. The van der Waals surface area contributed by atoms with Crippen molar-refractivity contribution in [2.75, 3.05) is 12.9 Å². The predicted octanol–water partition coefficient (Wildman–Crippen LogP) is 1.59. The fourth-order valence-corrected chi connectivity index (χ4v) is 1.83. The van der Waals surface area contributed by atoms with Gasteiger partial charge in [0.25, 0.3) is 10.1 Å². The van der Waals surface area contributed by atoms with Crippen molar-refractivity contribution in [2.45, 2.75) is 65.2 Å². The lowest BCUT2D eigenvalue weighted by Gasteiger charge is -2.24. The van der Waals surface area contributed by atoms with Crippen LogP contribution in [0.25, 0.3) is 0 Å². The Labute approximate surface area is 138 Å². The fraction of sp³-hybridized carbons (Fsp3) is 0.857. The van der Waals surface area contributed by atoms with E-state index < -0.39 is 46.0 Å². The number of amides is 1. The van der Waals surface area contributed by atoms with Crippen LogP contribution in [-0.4, -0.2) is 50.6 Å². The molecule has 0 radical (unpaired) electrons. The number of alkyl carbamates (subject to hydrolysis) is 1. The molecule has 0 aliphatic carbocycles. The van der Waals surface area contributed by atoms with E-state index in [4.69, 9.17) is 9.47 Å². The number of carbonyl (C=O) groups excluding carboxylic acids is 2. The van der Waals surface area contributed by atoms with Gasteiger partial charge in [0.15, 0.2) is 0 Å². The lowest BCUT2D eigenvalue weighted by molar-refractivity contribution is -0.155. The minimum atomic E-state index is -3.71. The Kier molecular flexibility index (Phi) is 7.49. The van der Waals surface area contributed by atoms with E-state index in [1.165, 1.54) is 0 Å². The molecule has 8 nitrogen and oxygen atoms in total. The fourth-order valence-electron chi connectivity index (χ4n) is 1.42. The van der Waals surface area contributed by atoms with Crippen molar-refractivity contribution < 1.29 is 31.7 Å². The lowest BCUT2D eigenvalue weighted by Crippen LogP contribution is -2.43. The molecular weight excluding hydrogens is 326 g/mol. The highest BCUT2D eigenvalue weighted by atomic mass is 32.2. The normalized spacial score (nSPS) is 14.0. The molecule has 0 aromatic rings. The minimum Gasteiger partial charge on any atom is -0.460 e. The number of hydrogen-bond acceptors (Lipinski definition) is 7. The van der Waals surface area contributed by atoms with E-state index in [1.54, 1.807) is 41.5 Å². The van der Waals surface area contributed by atoms with Crippen LogP contribution < -0.4 is 5.32 Å². The molecule has 0 heterocycles. The molecule has 0 rings (SSSR count). The summed E-state index contributed by atoms with van der Waals surface area (Å²) in [7, 11) is -3.71. The molecule has 136 valence electrons. The van der Waals surface area contributed by atoms with E-state index in [-0.39, 0.29) is 6.42 Å². The van der Waals surface area contributed by atoms with Crippen molar-refractivity contribution in [1.82, 2.24) is 5.32 Å². The summed E-state index contributed by atoms with van der Waals surface area (Å²) in [5, 5.41) is 2.41. The van der Waals surface area contributed by atoms with Gasteiger partial charge in [0.2, 0.25) is 0 Å². The molecule has 1 amide bonds. The van der Waals surface area contributed by atoms with Crippen molar-refractivity contribution in [3.05, 3.63) is 0 Å². The van der Waals surface area contributed by atoms with Gasteiger partial charge in [-0.15, -0.1) is 0 Å². The zero-order valence-electron chi connectivity index (χ0n) is 14.8. The summed E-state index contributed by atoms with van der Waals surface area (Å²) in [5.74, 6) is -0.587. The number of ether oxygens (including phenoxy) is 2. The Morgan fingerprint density at radius 2 is 1.48 bits per heavy atom. The van der Waals surface area contributed by atoms with Crippen LogP contribution in [0.5, 0.6) is 0 Å². The van der Waals surface area contributed by atoms with E-state index in [0.717, 1.165) is 6.26 Å². The van der Waals surface area contributed by atoms with Crippen LogP contribution in [0.15, 0.2) is 0 Å². The number of carbonyl (C=O) groups is 2. The van der Waals surface area contributed by atoms with Crippen LogP contribution in [0.1, 0.15) is 48.0 Å². The maximum absolute atomic E-state index is 11.8. The summed E-state index contributed by atoms with van der Waals surface area (Å²) in [6, 6.07) is -0.894. The smallest absolute Gasteiger partial charge is 0.407 e. The zero-order chi connectivity index (χ0) is 18.5. The monoisotopic (exact) mass is 353 g/mol. The third-order valence-corrected chi connectivity index (χ3v) is 2.60. The molecule has 0 saturated heterocycles. The van der Waals surface area contributed by atoms with Crippen molar-refractivity contribution in [2.24, 2.45) is 0 Å². The van der Waals surface area contributed by atoms with E-state index in [2.05, 4.69) is 9.50 Å². The number of rotatable bonds is 6. The molecule has 0 aromatic heterocycles. The van der Waals surface area contributed by atoms with Gasteiger partial charge in [0.05, 0.1) is 25.3 Å². The van der Waals surface area contributed by atoms with Gasteiger partial charge in [-0.05, 0) is 41.5 Å². The highest BCUT2D eigenvalue weighted by molar-refractivity contribution is 7.85. The van der Waals surface area contributed by atoms with Crippen molar-refractivity contribution in [3.63, 3.8) is 0 Å². The molecule has 0 aliphatic rings.